The molecule has 0 unspecified atom stereocenters. The smallest absolute Gasteiger partial charge is 0.253 e. The summed E-state index contributed by atoms with van der Waals surface area (Å²) in [6, 6.07) is 13.6. The highest BCUT2D eigenvalue weighted by atomic mass is 35.5. The van der Waals surface area contributed by atoms with Gasteiger partial charge in [-0.2, -0.15) is 0 Å². The summed E-state index contributed by atoms with van der Waals surface area (Å²) in [5, 5.41) is 3.87. The molecule has 0 bridgehead atoms. The van der Waals surface area contributed by atoms with E-state index in [2.05, 4.69) is 5.32 Å². The molecule has 0 radical (unpaired) electrons. The summed E-state index contributed by atoms with van der Waals surface area (Å²) < 4.78 is 0. The van der Waals surface area contributed by atoms with Crippen molar-refractivity contribution in [3.63, 3.8) is 0 Å². The van der Waals surface area contributed by atoms with E-state index in [9.17, 15) is 9.59 Å². The molecule has 0 saturated carbocycles. The number of nitrogens with zero attached hydrogens (tertiary/aromatic N) is 1. The molecule has 0 fully saturated rings. The van der Waals surface area contributed by atoms with Crippen molar-refractivity contribution in [3.05, 3.63) is 69.7 Å². The average Bonchev–Trinajstić information content (AvgIpc) is 2.57. The first-order valence-corrected chi connectivity index (χ1v) is 8.28. The number of rotatable bonds is 6. The number of hydrogen-bond acceptors (Lipinski definition) is 2. The topological polar surface area (TPSA) is 49.4 Å². The zero-order valence-electron chi connectivity index (χ0n) is 13.3. The maximum Gasteiger partial charge on any atom is 0.253 e. The van der Waals surface area contributed by atoms with Gasteiger partial charge in [0.25, 0.3) is 11.8 Å². The number of carbonyl (C=O) groups excluding carboxylic acids is 2. The Labute approximate surface area is 151 Å². The van der Waals surface area contributed by atoms with Gasteiger partial charge in [-0.15, -0.1) is 0 Å². The summed E-state index contributed by atoms with van der Waals surface area (Å²) in [5.41, 5.74) is 1.07. The fourth-order valence-corrected chi connectivity index (χ4v) is 2.57. The van der Waals surface area contributed by atoms with E-state index in [1.165, 1.54) is 0 Å². The highest BCUT2D eigenvalue weighted by molar-refractivity contribution is 6.31. The molecule has 0 heterocycles. The first-order chi connectivity index (χ1) is 11.5. The van der Waals surface area contributed by atoms with E-state index in [4.69, 9.17) is 23.2 Å². The summed E-state index contributed by atoms with van der Waals surface area (Å²) in [4.78, 5) is 25.8. The van der Waals surface area contributed by atoms with Crippen LogP contribution in [0, 0.1) is 0 Å². The van der Waals surface area contributed by atoms with Crippen LogP contribution in [0.2, 0.25) is 10.0 Å². The van der Waals surface area contributed by atoms with Crippen LogP contribution < -0.4 is 5.32 Å². The van der Waals surface area contributed by atoms with Crippen molar-refractivity contribution in [3.8, 4) is 0 Å². The van der Waals surface area contributed by atoms with Crippen LogP contribution in [0.4, 0.5) is 0 Å². The summed E-state index contributed by atoms with van der Waals surface area (Å²) in [6.07, 6.45) is 0.648. The van der Waals surface area contributed by atoms with Crippen LogP contribution in [0.3, 0.4) is 0 Å². The number of benzene rings is 2. The first-order valence-electron chi connectivity index (χ1n) is 7.52. The van der Waals surface area contributed by atoms with Gasteiger partial charge >= 0.3 is 0 Å². The minimum atomic E-state index is -0.179. The standard InChI is InChI=1S/C18H18Cl2N2O2/c1-22(18(24)14-6-3-8-16(20)12-14)10-4-9-21-17(23)13-5-2-7-15(19)11-13/h2-3,5-8,11-12H,4,9-10H2,1H3,(H,21,23). The van der Waals surface area contributed by atoms with Gasteiger partial charge in [0.1, 0.15) is 0 Å². The molecule has 1 N–H and O–H groups in total. The monoisotopic (exact) mass is 364 g/mol. The zero-order chi connectivity index (χ0) is 17.5. The molecule has 0 spiro atoms. The molecule has 0 aromatic heterocycles. The zero-order valence-corrected chi connectivity index (χ0v) is 14.8. The van der Waals surface area contributed by atoms with Crippen molar-refractivity contribution in [1.29, 1.82) is 0 Å². The third kappa shape index (κ3) is 5.25. The van der Waals surface area contributed by atoms with Crippen LogP contribution in [-0.2, 0) is 0 Å². The van der Waals surface area contributed by atoms with Crippen LogP contribution in [0.15, 0.2) is 48.5 Å². The molecule has 0 aliphatic rings. The first kappa shape index (κ1) is 18.3. The minimum absolute atomic E-state index is 0.0985. The summed E-state index contributed by atoms with van der Waals surface area (Å²) in [6.45, 7) is 1.000. The van der Waals surface area contributed by atoms with Crippen molar-refractivity contribution in [2.24, 2.45) is 0 Å². The van der Waals surface area contributed by atoms with Gasteiger partial charge < -0.3 is 10.2 Å². The fourth-order valence-electron chi connectivity index (χ4n) is 2.19. The number of carbonyl (C=O) groups is 2. The Morgan fingerprint density at radius 1 is 1.00 bits per heavy atom. The molecular weight excluding hydrogens is 347 g/mol. The molecular formula is C18H18Cl2N2O2. The molecule has 4 nitrogen and oxygen atoms in total. The average molecular weight is 365 g/mol. The summed E-state index contributed by atoms with van der Waals surface area (Å²) in [7, 11) is 1.72. The second kappa shape index (κ2) is 8.71. The van der Waals surface area contributed by atoms with Crippen molar-refractivity contribution in [2.45, 2.75) is 6.42 Å². The highest BCUT2D eigenvalue weighted by Gasteiger charge is 2.12. The van der Waals surface area contributed by atoms with Gasteiger partial charge in [0.2, 0.25) is 0 Å². The molecule has 0 atom stereocenters. The van der Waals surface area contributed by atoms with E-state index in [1.54, 1.807) is 60.5 Å². The van der Waals surface area contributed by atoms with Gasteiger partial charge in [-0.3, -0.25) is 9.59 Å². The summed E-state index contributed by atoms with van der Waals surface area (Å²) >= 11 is 11.8. The van der Waals surface area contributed by atoms with Crippen LogP contribution in [0.1, 0.15) is 27.1 Å². The van der Waals surface area contributed by atoms with Crippen molar-refractivity contribution in [1.82, 2.24) is 10.2 Å². The highest BCUT2D eigenvalue weighted by Crippen LogP contribution is 2.12. The predicted molar refractivity (Wildman–Crippen MR) is 96.8 cm³/mol. The molecule has 2 aromatic rings. The lowest BCUT2D eigenvalue weighted by Gasteiger charge is -2.17. The van der Waals surface area contributed by atoms with E-state index in [0.717, 1.165) is 0 Å². The number of amides is 2. The Balaban J connectivity index is 1.77. The molecule has 0 aliphatic heterocycles. The van der Waals surface area contributed by atoms with Crippen LogP contribution in [-0.4, -0.2) is 36.9 Å². The van der Waals surface area contributed by atoms with Gasteiger partial charge in [0.05, 0.1) is 0 Å². The maximum atomic E-state index is 12.2. The Kier molecular flexibility index (Phi) is 6.64. The number of halogens is 2. The molecule has 0 aliphatic carbocycles. The predicted octanol–water partition coefficient (Wildman–Crippen LogP) is 3.89. The lowest BCUT2D eigenvalue weighted by molar-refractivity contribution is 0.0793. The number of hydrogen-bond donors (Lipinski definition) is 1. The van der Waals surface area contributed by atoms with Gasteiger partial charge in [0, 0.05) is 41.3 Å². The van der Waals surface area contributed by atoms with Crippen molar-refractivity contribution < 1.29 is 9.59 Å². The van der Waals surface area contributed by atoms with E-state index in [0.29, 0.717) is 40.7 Å². The van der Waals surface area contributed by atoms with Gasteiger partial charge in [-0.05, 0) is 42.8 Å². The van der Waals surface area contributed by atoms with E-state index in [-0.39, 0.29) is 11.8 Å². The van der Waals surface area contributed by atoms with Gasteiger partial charge in [-0.1, -0.05) is 35.3 Å². The third-order valence-electron chi connectivity index (χ3n) is 3.46. The van der Waals surface area contributed by atoms with Crippen LogP contribution in [0.25, 0.3) is 0 Å². The minimum Gasteiger partial charge on any atom is -0.352 e. The Morgan fingerprint density at radius 2 is 1.58 bits per heavy atom. The molecule has 2 aromatic carbocycles. The molecule has 24 heavy (non-hydrogen) atoms. The Morgan fingerprint density at radius 3 is 2.21 bits per heavy atom. The maximum absolute atomic E-state index is 12.2. The summed E-state index contributed by atoms with van der Waals surface area (Å²) in [5.74, 6) is -0.278. The lowest BCUT2D eigenvalue weighted by atomic mass is 10.2. The molecule has 6 heteroatoms. The fraction of sp³-hybridized carbons (Fsp3) is 0.222. The second-order valence-electron chi connectivity index (χ2n) is 5.36. The van der Waals surface area contributed by atoms with E-state index >= 15 is 0 Å². The molecule has 0 saturated heterocycles. The Hall–Kier alpha value is -2.04. The largest absolute Gasteiger partial charge is 0.352 e. The quantitative estimate of drug-likeness (QED) is 0.790. The Bertz CT molecular complexity index is 734. The van der Waals surface area contributed by atoms with Crippen molar-refractivity contribution in [2.75, 3.05) is 20.1 Å². The number of nitrogens with one attached hydrogen (secondary N) is 1. The molecule has 2 rings (SSSR count). The van der Waals surface area contributed by atoms with Gasteiger partial charge in [0.15, 0.2) is 0 Å². The molecule has 126 valence electrons. The van der Waals surface area contributed by atoms with Crippen LogP contribution >= 0.6 is 23.2 Å². The van der Waals surface area contributed by atoms with Crippen LogP contribution in [0.5, 0.6) is 0 Å². The van der Waals surface area contributed by atoms with E-state index < -0.39 is 0 Å². The van der Waals surface area contributed by atoms with Gasteiger partial charge in [-0.25, -0.2) is 0 Å². The normalized spacial score (nSPS) is 10.3. The van der Waals surface area contributed by atoms with E-state index in [1.807, 2.05) is 0 Å². The SMILES string of the molecule is CN(CCCNC(=O)c1cccc(Cl)c1)C(=O)c1cccc(Cl)c1. The lowest BCUT2D eigenvalue weighted by Crippen LogP contribution is -2.31. The third-order valence-corrected chi connectivity index (χ3v) is 3.93. The van der Waals surface area contributed by atoms with Crippen molar-refractivity contribution >= 4 is 35.0 Å². The molecule has 2 amide bonds. The second-order valence-corrected chi connectivity index (χ2v) is 6.23.